The van der Waals surface area contributed by atoms with Gasteiger partial charge in [-0.3, -0.25) is 0 Å². The maximum absolute atomic E-state index is 5.82. The van der Waals surface area contributed by atoms with E-state index in [1.54, 1.807) is 0 Å². The SMILES string of the molecule is CCCNc1nc(OC2CCC2)nc(N(CC)CC)n1. The highest BCUT2D eigenvalue weighted by Crippen LogP contribution is 2.24. The largest absolute Gasteiger partial charge is 0.460 e. The lowest BCUT2D eigenvalue weighted by Gasteiger charge is -2.26. The van der Waals surface area contributed by atoms with Crippen molar-refractivity contribution in [3.63, 3.8) is 0 Å². The second-order valence-electron chi connectivity index (χ2n) is 5.01. The third-order valence-corrected chi connectivity index (χ3v) is 3.51. The Morgan fingerprint density at radius 1 is 1.15 bits per heavy atom. The minimum atomic E-state index is 0.279. The molecule has 1 aliphatic carbocycles. The van der Waals surface area contributed by atoms with Crippen molar-refractivity contribution >= 4 is 11.9 Å². The van der Waals surface area contributed by atoms with Crippen molar-refractivity contribution in [3.8, 4) is 6.01 Å². The lowest BCUT2D eigenvalue weighted by Crippen LogP contribution is -2.28. The number of ether oxygens (including phenoxy) is 1. The summed E-state index contributed by atoms with van der Waals surface area (Å²) in [7, 11) is 0. The van der Waals surface area contributed by atoms with Gasteiger partial charge in [-0.1, -0.05) is 6.92 Å². The molecule has 0 spiro atoms. The Labute approximate surface area is 121 Å². The molecule has 0 atom stereocenters. The summed E-state index contributed by atoms with van der Waals surface area (Å²) >= 11 is 0. The number of rotatable bonds is 8. The molecular weight excluding hydrogens is 254 g/mol. The molecule has 20 heavy (non-hydrogen) atoms. The number of anilines is 2. The van der Waals surface area contributed by atoms with Gasteiger partial charge in [0, 0.05) is 19.6 Å². The van der Waals surface area contributed by atoms with E-state index in [2.05, 4.69) is 45.9 Å². The molecule has 0 aliphatic heterocycles. The fourth-order valence-corrected chi connectivity index (χ4v) is 2.00. The van der Waals surface area contributed by atoms with E-state index in [-0.39, 0.29) is 6.10 Å². The molecule has 6 nitrogen and oxygen atoms in total. The third-order valence-electron chi connectivity index (χ3n) is 3.51. The summed E-state index contributed by atoms with van der Waals surface area (Å²) in [6.45, 7) is 8.90. The maximum atomic E-state index is 5.82. The summed E-state index contributed by atoms with van der Waals surface area (Å²) in [6.07, 6.45) is 4.75. The number of nitrogens with one attached hydrogen (secondary N) is 1. The molecule has 0 radical (unpaired) electrons. The lowest BCUT2D eigenvalue weighted by molar-refractivity contribution is 0.108. The molecule has 0 unspecified atom stereocenters. The molecule has 0 aromatic carbocycles. The van der Waals surface area contributed by atoms with Crippen molar-refractivity contribution < 1.29 is 4.74 Å². The quantitative estimate of drug-likeness (QED) is 0.788. The normalized spacial score (nSPS) is 14.8. The van der Waals surface area contributed by atoms with Crippen LogP contribution in [-0.4, -0.2) is 40.7 Å². The van der Waals surface area contributed by atoms with Crippen molar-refractivity contribution in [1.82, 2.24) is 15.0 Å². The van der Waals surface area contributed by atoms with Gasteiger partial charge in [-0.15, -0.1) is 0 Å². The van der Waals surface area contributed by atoms with E-state index >= 15 is 0 Å². The van der Waals surface area contributed by atoms with E-state index < -0.39 is 0 Å². The van der Waals surface area contributed by atoms with Crippen LogP contribution in [0, 0.1) is 0 Å². The summed E-state index contributed by atoms with van der Waals surface area (Å²) in [5.74, 6) is 1.30. The summed E-state index contributed by atoms with van der Waals surface area (Å²) in [5.41, 5.74) is 0. The molecule has 1 saturated carbocycles. The Hall–Kier alpha value is -1.59. The average molecular weight is 279 g/mol. The molecular formula is C14H25N5O. The van der Waals surface area contributed by atoms with Gasteiger partial charge < -0.3 is 15.0 Å². The monoisotopic (exact) mass is 279 g/mol. The lowest BCUT2D eigenvalue weighted by atomic mass is 9.96. The van der Waals surface area contributed by atoms with Crippen LogP contribution < -0.4 is 15.0 Å². The Bertz CT molecular complexity index is 418. The number of hydrogen-bond donors (Lipinski definition) is 1. The molecule has 112 valence electrons. The van der Waals surface area contributed by atoms with Crippen LogP contribution in [0.15, 0.2) is 0 Å². The van der Waals surface area contributed by atoms with Crippen molar-refractivity contribution in [2.24, 2.45) is 0 Å². The Morgan fingerprint density at radius 3 is 2.45 bits per heavy atom. The summed E-state index contributed by atoms with van der Waals surface area (Å²) < 4.78 is 5.82. The molecule has 1 N–H and O–H groups in total. The first-order chi connectivity index (χ1) is 9.76. The van der Waals surface area contributed by atoms with Gasteiger partial charge in [-0.05, 0) is 39.5 Å². The minimum Gasteiger partial charge on any atom is -0.460 e. The van der Waals surface area contributed by atoms with Gasteiger partial charge in [0.05, 0.1) is 0 Å². The van der Waals surface area contributed by atoms with Gasteiger partial charge in [0.25, 0.3) is 0 Å². The number of aromatic nitrogens is 3. The van der Waals surface area contributed by atoms with E-state index in [1.807, 2.05) is 0 Å². The van der Waals surface area contributed by atoms with E-state index in [0.29, 0.717) is 17.9 Å². The zero-order valence-corrected chi connectivity index (χ0v) is 12.7. The van der Waals surface area contributed by atoms with Crippen LogP contribution in [0.5, 0.6) is 6.01 Å². The van der Waals surface area contributed by atoms with Crippen LogP contribution in [0.2, 0.25) is 0 Å². The smallest absolute Gasteiger partial charge is 0.323 e. The van der Waals surface area contributed by atoms with Gasteiger partial charge in [0.15, 0.2) is 0 Å². The molecule has 1 aromatic heterocycles. The van der Waals surface area contributed by atoms with Crippen molar-refractivity contribution in [2.75, 3.05) is 29.9 Å². The second-order valence-corrected chi connectivity index (χ2v) is 5.01. The minimum absolute atomic E-state index is 0.279. The van der Waals surface area contributed by atoms with Gasteiger partial charge >= 0.3 is 6.01 Å². The summed E-state index contributed by atoms with van der Waals surface area (Å²) in [5, 5.41) is 3.22. The summed E-state index contributed by atoms with van der Waals surface area (Å²) in [6, 6.07) is 0.449. The molecule has 1 aromatic rings. The molecule has 1 aliphatic rings. The molecule has 2 rings (SSSR count). The average Bonchev–Trinajstić information content (AvgIpc) is 2.42. The number of nitrogens with zero attached hydrogens (tertiary/aromatic N) is 4. The van der Waals surface area contributed by atoms with Crippen molar-refractivity contribution in [3.05, 3.63) is 0 Å². The fourth-order valence-electron chi connectivity index (χ4n) is 2.00. The van der Waals surface area contributed by atoms with Crippen LogP contribution in [0.1, 0.15) is 46.5 Å². The highest BCUT2D eigenvalue weighted by atomic mass is 16.5. The maximum Gasteiger partial charge on any atom is 0.323 e. The van der Waals surface area contributed by atoms with Crippen molar-refractivity contribution in [2.45, 2.75) is 52.6 Å². The topological polar surface area (TPSA) is 63.2 Å². The van der Waals surface area contributed by atoms with E-state index in [4.69, 9.17) is 4.74 Å². The second kappa shape index (κ2) is 7.26. The van der Waals surface area contributed by atoms with Gasteiger partial charge in [0.1, 0.15) is 6.10 Å². The van der Waals surface area contributed by atoms with Gasteiger partial charge in [-0.25, -0.2) is 0 Å². The van der Waals surface area contributed by atoms with E-state index in [9.17, 15) is 0 Å². The molecule has 0 saturated heterocycles. The van der Waals surface area contributed by atoms with Crippen molar-refractivity contribution in [1.29, 1.82) is 0 Å². The Kier molecular flexibility index (Phi) is 5.38. The number of hydrogen-bond acceptors (Lipinski definition) is 6. The van der Waals surface area contributed by atoms with E-state index in [1.165, 1.54) is 6.42 Å². The van der Waals surface area contributed by atoms with Crippen LogP contribution in [-0.2, 0) is 0 Å². The summed E-state index contributed by atoms with van der Waals surface area (Å²) in [4.78, 5) is 15.4. The molecule has 1 heterocycles. The van der Waals surface area contributed by atoms with E-state index in [0.717, 1.165) is 38.9 Å². The first-order valence-electron chi connectivity index (χ1n) is 7.68. The molecule has 0 amide bonds. The zero-order valence-electron chi connectivity index (χ0n) is 12.7. The van der Waals surface area contributed by atoms with Gasteiger partial charge in [-0.2, -0.15) is 15.0 Å². The predicted octanol–water partition coefficient (Wildman–Crippen LogP) is 2.47. The first kappa shape index (κ1) is 14.8. The van der Waals surface area contributed by atoms with Crippen LogP contribution >= 0.6 is 0 Å². The fraction of sp³-hybridized carbons (Fsp3) is 0.786. The molecule has 6 heteroatoms. The third kappa shape index (κ3) is 3.71. The molecule has 0 bridgehead atoms. The first-order valence-corrected chi connectivity index (χ1v) is 7.68. The van der Waals surface area contributed by atoms with Crippen LogP contribution in [0.4, 0.5) is 11.9 Å². The highest BCUT2D eigenvalue weighted by molar-refractivity contribution is 5.38. The Morgan fingerprint density at radius 2 is 1.90 bits per heavy atom. The zero-order chi connectivity index (χ0) is 14.4. The standard InChI is InChI=1S/C14H25N5O/c1-4-10-15-12-16-13(19(5-2)6-3)18-14(17-12)20-11-8-7-9-11/h11H,4-10H2,1-3H3,(H,15,16,17,18). The Balaban J connectivity index is 2.17. The molecule has 1 fully saturated rings. The predicted molar refractivity (Wildman–Crippen MR) is 80.4 cm³/mol. The highest BCUT2D eigenvalue weighted by Gasteiger charge is 2.21. The van der Waals surface area contributed by atoms with Crippen LogP contribution in [0.3, 0.4) is 0 Å². The van der Waals surface area contributed by atoms with Gasteiger partial charge in [0.2, 0.25) is 11.9 Å². The van der Waals surface area contributed by atoms with Crippen LogP contribution in [0.25, 0.3) is 0 Å².